The van der Waals surface area contributed by atoms with E-state index in [9.17, 15) is 13.2 Å². The summed E-state index contributed by atoms with van der Waals surface area (Å²) < 4.78 is 40.1. The number of aromatic amines is 1. The van der Waals surface area contributed by atoms with Crippen molar-refractivity contribution < 1.29 is 13.2 Å². The highest BCUT2D eigenvalue weighted by Gasteiger charge is 2.17. The second kappa shape index (κ2) is 4.08. The van der Waals surface area contributed by atoms with Gasteiger partial charge in [-0.3, -0.25) is 0 Å². The lowest BCUT2D eigenvalue weighted by atomic mass is 10.2. The molecule has 0 amide bonds. The van der Waals surface area contributed by atoms with E-state index in [0.717, 1.165) is 5.56 Å². The molecule has 1 aromatic carbocycles. The number of pyridine rings is 1. The standard InChI is InChI=1S/C13H8F3N3/c1-6-2-10-12(17-5-6)19-13(18-10)11-8(15)3-7(14)4-9(11)16/h2-5H,1H3,(H,17,18,19). The minimum absolute atomic E-state index is 0.0110. The normalized spacial score (nSPS) is 11.2. The smallest absolute Gasteiger partial charge is 0.178 e. The van der Waals surface area contributed by atoms with Crippen LogP contribution in [-0.4, -0.2) is 15.0 Å². The summed E-state index contributed by atoms with van der Waals surface area (Å²) in [7, 11) is 0. The number of hydrogen-bond acceptors (Lipinski definition) is 2. The second-order valence-electron chi connectivity index (χ2n) is 4.21. The first-order valence-electron chi connectivity index (χ1n) is 5.52. The van der Waals surface area contributed by atoms with Crippen LogP contribution in [-0.2, 0) is 0 Å². The lowest BCUT2D eigenvalue weighted by molar-refractivity contribution is 0.547. The first-order valence-corrected chi connectivity index (χ1v) is 5.52. The number of benzene rings is 1. The van der Waals surface area contributed by atoms with Gasteiger partial charge in [-0.1, -0.05) is 0 Å². The van der Waals surface area contributed by atoms with E-state index in [1.807, 2.05) is 6.92 Å². The van der Waals surface area contributed by atoms with Crippen LogP contribution in [0.4, 0.5) is 13.2 Å². The fraction of sp³-hybridized carbons (Fsp3) is 0.0769. The van der Waals surface area contributed by atoms with Crippen molar-refractivity contribution in [3.63, 3.8) is 0 Å². The Bertz CT molecular complexity index is 757. The van der Waals surface area contributed by atoms with Gasteiger partial charge in [0.05, 0.1) is 11.1 Å². The van der Waals surface area contributed by atoms with Gasteiger partial charge >= 0.3 is 0 Å². The highest BCUT2D eigenvalue weighted by Crippen LogP contribution is 2.26. The second-order valence-corrected chi connectivity index (χ2v) is 4.21. The number of aryl methyl sites for hydroxylation is 1. The molecule has 6 heteroatoms. The maximum Gasteiger partial charge on any atom is 0.178 e. The Hall–Kier alpha value is -2.37. The summed E-state index contributed by atoms with van der Waals surface area (Å²) in [6.07, 6.45) is 1.60. The minimum atomic E-state index is -1.01. The van der Waals surface area contributed by atoms with E-state index in [0.29, 0.717) is 23.3 Å². The van der Waals surface area contributed by atoms with Crippen LogP contribution < -0.4 is 0 Å². The summed E-state index contributed by atoms with van der Waals surface area (Å²) in [6, 6.07) is 2.99. The van der Waals surface area contributed by atoms with Crippen molar-refractivity contribution in [1.29, 1.82) is 0 Å². The van der Waals surface area contributed by atoms with Crippen LogP contribution in [0.15, 0.2) is 24.4 Å². The van der Waals surface area contributed by atoms with Crippen LogP contribution in [0.3, 0.4) is 0 Å². The van der Waals surface area contributed by atoms with Gasteiger partial charge in [0.2, 0.25) is 0 Å². The summed E-state index contributed by atoms with van der Waals surface area (Å²) in [5.41, 5.74) is 1.42. The van der Waals surface area contributed by atoms with E-state index in [2.05, 4.69) is 15.0 Å². The van der Waals surface area contributed by atoms with E-state index >= 15 is 0 Å². The van der Waals surface area contributed by atoms with E-state index in [4.69, 9.17) is 0 Å². The predicted molar refractivity (Wildman–Crippen MR) is 63.9 cm³/mol. The molecule has 0 saturated heterocycles. The molecule has 2 aromatic heterocycles. The molecule has 3 aromatic rings. The predicted octanol–water partition coefficient (Wildman–Crippen LogP) is 3.35. The van der Waals surface area contributed by atoms with Crippen LogP contribution >= 0.6 is 0 Å². The summed E-state index contributed by atoms with van der Waals surface area (Å²) in [4.78, 5) is 10.8. The average Bonchev–Trinajstić information content (AvgIpc) is 2.69. The van der Waals surface area contributed by atoms with Crippen LogP contribution in [0.25, 0.3) is 22.6 Å². The fourth-order valence-electron chi connectivity index (χ4n) is 1.89. The lowest BCUT2D eigenvalue weighted by Crippen LogP contribution is -1.93. The van der Waals surface area contributed by atoms with Crippen LogP contribution in [0.5, 0.6) is 0 Å². The molecule has 0 radical (unpaired) electrons. The van der Waals surface area contributed by atoms with Crippen molar-refractivity contribution in [2.75, 3.05) is 0 Å². The van der Waals surface area contributed by atoms with Crippen molar-refractivity contribution in [2.24, 2.45) is 0 Å². The molecule has 3 nitrogen and oxygen atoms in total. The number of hydrogen-bond donors (Lipinski definition) is 1. The van der Waals surface area contributed by atoms with Gasteiger partial charge in [-0.2, -0.15) is 0 Å². The SMILES string of the molecule is Cc1cnc2nc(-c3c(F)cc(F)cc3F)[nH]c2c1. The van der Waals surface area contributed by atoms with E-state index in [-0.39, 0.29) is 5.82 Å². The Morgan fingerprint density at radius 2 is 1.74 bits per heavy atom. The number of fused-ring (bicyclic) bond motifs is 1. The molecule has 96 valence electrons. The summed E-state index contributed by atoms with van der Waals surface area (Å²) >= 11 is 0. The average molecular weight is 263 g/mol. The van der Waals surface area contributed by atoms with Gasteiger partial charge < -0.3 is 4.98 Å². The molecule has 0 spiro atoms. The van der Waals surface area contributed by atoms with E-state index in [1.54, 1.807) is 12.3 Å². The van der Waals surface area contributed by atoms with Crippen molar-refractivity contribution >= 4 is 11.2 Å². The Morgan fingerprint density at radius 1 is 1.05 bits per heavy atom. The molecule has 2 heterocycles. The first-order chi connectivity index (χ1) is 9.04. The quantitative estimate of drug-likeness (QED) is 0.731. The molecule has 0 aliphatic rings. The molecule has 0 aliphatic carbocycles. The number of aromatic nitrogens is 3. The molecule has 1 N–H and O–H groups in total. The topological polar surface area (TPSA) is 41.6 Å². The third-order valence-corrected chi connectivity index (χ3v) is 2.72. The monoisotopic (exact) mass is 263 g/mol. The highest BCUT2D eigenvalue weighted by atomic mass is 19.1. The summed E-state index contributed by atoms with van der Waals surface area (Å²) in [6.45, 7) is 1.84. The lowest BCUT2D eigenvalue weighted by Gasteiger charge is -2.01. The maximum atomic E-state index is 13.6. The van der Waals surface area contributed by atoms with Gasteiger partial charge in [0.25, 0.3) is 0 Å². The Balaban J connectivity index is 2.24. The molecule has 0 saturated carbocycles. The summed E-state index contributed by atoms with van der Waals surface area (Å²) in [5, 5.41) is 0. The molecular formula is C13H8F3N3. The number of nitrogens with one attached hydrogen (secondary N) is 1. The number of halogens is 3. The third kappa shape index (κ3) is 1.95. The zero-order chi connectivity index (χ0) is 13.6. The van der Waals surface area contributed by atoms with Crippen molar-refractivity contribution in [1.82, 2.24) is 15.0 Å². The number of nitrogens with zero attached hydrogens (tertiary/aromatic N) is 2. The zero-order valence-electron chi connectivity index (χ0n) is 9.84. The fourth-order valence-corrected chi connectivity index (χ4v) is 1.89. The molecule has 0 fully saturated rings. The first kappa shape index (κ1) is 11.7. The van der Waals surface area contributed by atoms with Gasteiger partial charge in [0, 0.05) is 18.3 Å². The molecule has 19 heavy (non-hydrogen) atoms. The minimum Gasteiger partial charge on any atom is -0.336 e. The van der Waals surface area contributed by atoms with Crippen molar-refractivity contribution in [3.05, 3.63) is 47.4 Å². The zero-order valence-corrected chi connectivity index (χ0v) is 9.84. The van der Waals surface area contributed by atoms with Gasteiger partial charge in [0.15, 0.2) is 5.65 Å². The van der Waals surface area contributed by atoms with Gasteiger partial charge in [0.1, 0.15) is 23.3 Å². The largest absolute Gasteiger partial charge is 0.336 e. The van der Waals surface area contributed by atoms with Gasteiger partial charge in [-0.15, -0.1) is 0 Å². The highest BCUT2D eigenvalue weighted by molar-refractivity contribution is 5.76. The van der Waals surface area contributed by atoms with Crippen molar-refractivity contribution in [3.8, 4) is 11.4 Å². The molecule has 3 rings (SSSR count). The Labute approximate surface area is 106 Å². The number of H-pyrrole nitrogens is 1. The molecule has 0 aliphatic heterocycles. The van der Waals surface area contributed by atoms with Gasteiger partial charge in [-0.25, -0.2) is 23.1 Å². The third-order valence-electron chi connectivity index (χ3n) is 2.72. The Kier molecular flexibility index (Phi) is 2.51. The Morgan fingerprint density at radius 3 is 2.42 bits per heavy atom. The van der Waals surface area contributed by atoms with Crippen LogP contribution in [0.1, 0.15) is 5.56 Å². The van der Waals surface area contributed by atoms with Crippen LogP contribution in [0.2, 0.25) is 0 Å². The number of rotatable bonds is 1. The molecule has 0 bridgehead atoms. The molecule has 0 unspecified atom stereocenters. The maximum absolute atomic E-state index is 13.6. The molecule has 0 atom stereocenters. The molecular weight excluding hydrogens is 255 g/mol. The van der Waals surface area contributed by atoms with E-state index < -0.39 is 23.0 Å². The van der Waals surface area contributed by atoms with Crippen molar-refractivity contribution in [2.45, 2.75) is 6.92 Å². The number of imidazole rings is 1. The van der Waals surface area contributed by atoms with Crippen LogP contribution in [0, 0.1) is 24.4 Å². The van der Waals surface area contributed by atoms with E-state index in [1.165, 1.54) is 0 Å². The van der Waals surface area contributed by atoms with Gasteiger partial charge in [-0.05, 0) is 18.6 Å². The summed E-state index contributed by atoms with van der Waals surface area (Å²) in [5.74, 6) is -2.99.